The summed E-state index contributed by atoms with van der Waals surface area (Å²) in [6.07, 6.45) is 0. The van der Waals surface area contributed by atoms with E-state index in [0.29, 0.717) is 5.16 Å². The number of para-hydroxylation sites is 1. The molecule has 0 bridgehead atoms. The van der Waals surface area contributed by atoms with Gasteiger partial charge in [-0.3, -0.25) is 9.36 Å². The Labute approximate surface area is 190 Å². The van der Waals surface area contributed by atoms with Crippen LogP contribution in [0.25, 0.3) is 27.8 Å². The van der Waals surface area contributed by atoms with E-state index < -0.39 is 0 Å². The molecule has 0 radical (unpaired) electrons. The van der Waals surface area contributed by atoms with Gasteiger partial charge in [-0.1, -0.05) is 96.7 Å². The van der Waals surface area contributed by atoms with E-state index >= 15 is 0 Å². The molecular weight excluding hydrogens is 416 g/mol. The molecule has 0 saturated heterocycles. The van der Waals surface area contributed by atoms with Gasteiger partial charge in [0.1, 0.15) is 0 Å². The molecule has 5 nitrogen and oxygen atoms in total. The molecule has 32 heavy (non-hydrogen) atoms. The molecule has 6 heteroatoms. The lowest BCUT2D eigenvalue weighted by atomic mass is 10.1. The maximum atomic E-state index is 12.8. The number of amides is 1. The van der Waals surface area contributed by atoms with Gasteiger partial charge in [-0.2, -0.15) is 0 Å². The summed E-state index contributed by atoms with van der Waals surface area (Å²) >= 11 is 1.37. The lowest BCUT2D eigenvalue weighted by molar-refractivity contribution is -0.113. The first kappa shape index (κ1) is 20.0. The quantitative estimate of drug-likeness (QED) is 0.341. The van der Waals surface area contributed by atoms with Crippen LogP contribution in [0, 0.1) is 0 Å². The first-order valence-electron chi connectivity index (χ1n) is 10.3. The third-order valence-corrected chi connectivity index (χ3v) is 6.00. The molecule has 0 aliphatic carbocycles. The SMILES string of the molecule is O=C(CSc1nnc(-c2ccccc2)n1-c1ccccc1)Nc1cccc2ccccc12. The molecule has 1 amide bonds. The van der Waals surface area contributed by atoms with Crippen LogP contribution in [-0.2, 0) is 4.79 Å². The molecule has 0 atom stereocenters. The van der Waals surface area contributed by atoms with Crippen LogP contribution in [0.5, 0.6) is 0 Å². The fraction of sp³-hybridized carbons (Fsp3) is 0.0385. The third-order valence-electron chi connectivity index (χ3n) is 5.08. The van der Waals surface area contributed by atoms with E-state index in [1.165, 1.54) is 11.8 Å². The van der Waals surface area contributed by atoms with Crippen molar-refractivity contribution in [3.63, 3.8) is 0 Å². The maximum Gasteiger partial charge on any atom is 0.234 e. The molecule has 5 aromatic rings. The number of carbonyl (C=O) groups is 1. The summed E-state index contributed by atoms with van der Waals surface area (Å²) < 4.78 is 1.99. The van der Waals surface area contributed by atoms with E-state index in [-0.39, 0.29) is 11.7 Å². The molecule has 0 saturated carbocycles. The second-order valence-electron chi connectivity index (χ2n) is 7.21. The highest BCUT2D eigenvalue weighted by Crippen LogP contribution is 2.28. The van der Waals surface area contributed by atoms with Gasteiger partial charge in [0.05, 0.1) is 5.75 Å². The van der Waals surface area contributed by atoms with E-state index in [1.54, 1.807) is 0 Å². The van der Waals surface area contributed by atoms with E-state index in [0.717, 1.165) is 33.5 Å². The van der Waals surface area contributed by atoms with Crippen molar-refractivity contribution in [3.8, 4) is 17.1 Å². The molecule has 1 heterocycles. The van der Waals surface area contributed by atoms with Gasteiger partial charge >= 0.3 is 0 Å². The molecule has 156 valence electrons. The van der Waals surface area contributed by atoms with Crippen LogP contribution >= 0.6 is 11.8 Å². The lowest BCUT2D eigenvalue weighted by Crippen LogP contribution is -2.14. The minimum atomic E-state index is -0.0878. The van der Waals surface area contributed by atoms with Crippen LogP contribution in [0.15, 0.2) is 108 Å². The average molecular weight is 437 g/mol. The smallest absolute Gasteiger partial charge is 0.234 e. The van der Waals surface area contributed by atoms with Crippen LogP contribution in [0.3, 0.4) is 0 Å². The lowest BCUT2D eigenvalue weighted by Gasteiger charge is -2.11. The molecular formula is C26H20N4OS. The normalized spacial score (nSPS) is 10.9. The molecule has 0 spiro atoms. The zero-order chi connectivity index (χ0) is 21.8. The first-order valence-corrected chi connectivity index (χ1v) is 11.2. The summed E-state index contributed by atoms with van der Waals surface area (Å²) in [6.45, 7) is 0. The van der Waals surface area contributed by atoms with Gasteiger partial charge in [-0.05, 0) is 23.6 Å². The molecule has 0 fully saturated rings. The Balaban J connectivity index is 1.40. The van der Waals surface area contributed by atoms with Crippen molar-refractivity contribution in [2.24, 2.45) is 0 Å². The Morgan fingerprint density at radius 1 is 0.781 bits per heavy atom. The van der Waals surface area contributed by atoms with Crippen LogP contribution in [0.2, 0.25) is 0 Å². The topological polar surface area (TPSA) is 59.8 Å². The van der Waals surface area contributed by atoms with E-state index in [9.17, 15) is 4.79 Å². The van der Waals surface area contributed by atoms with Crippen molar-refractivity contribution < 1.29 is 4.79 Å². The summed E-state index contributed by atoms with van der Waals surface area (Å²) in [7, 11) is 0. The highest BCUT2D eigenvalue weighted by molar-refractivity contribution is 7.99. The van der Waals surface area contributed by atoms with Crippen molar-refractivity contribution >= 4 is 34.1 Å². The van der Waals surface area contributed by atoms with E-state index in [4.69, 9.17) is 0 Å². The van der Waals surface area contributed by atoms with Gasteiger partial charge in [-0.25, -0.2) is 0 Å². The Hall–Kier alpha value is -3.90. The number of nitrogens with zero attached hydrogens (tertiary/aromatic N) is 3. The standard InChI is InChI=1S/C26H20N4OS/c31-24(27-23-17-9-13-19-10-7-8-16-22(19)23)18-32-26-29-28-25(20-11-3-1-4-12-20)30(26)21-14-5-2-6-15-21/h1-17H,18H2,(H,27,31). The Morgan fingerprint density at radius 3 is 2.28 bits per heavy atom. The Kier molecular flexibility index (Phi) is 5.68. The second kappa shape index (κ2) is 9.08. The summed E-state index contributed by atoms with van der Waals surface area (Å²) in [5, 5.41) is 14.6. The number of anilines is 1. The van der Waals surface area contributed by atoms with Gasteiger partial charge in [-0.15, -0.1) is 10.2 Å². The molecule has 5 rings (SSSR count). The first-order chi connectivity index (χ1) is 15.8. The predicted octanol–water partition coefficient (Wildman–Crippen LogP) is 5.82. The van der Waals surface area contributed by atoms with Crippen molar-refractivity contribution in [2.45, 2.75) is 5.16 Å². The number of aromatic nitrogens is 3. The molecule has 1 N–H and O–H groups in total. The number of carbonyl (C=O) groups excluding carboxylic acids is 1. The van der Waals surface area contributed by atoms with Crippen molar-refractivity contribution in [2.75, 3.05) is 11.1 Å². The van der Waals surface area contributed by atoms with Gasteiger partial charge in [0.2, 0.25) is 5.91 Å². The van der Waals surface area contributed by atoms with Crippen LogP contribution in [0.4, 0.5) is 5.69 Å². The molecule has 0 aliphatic heterocycles. The zero-order valence-corrected chi connectivity index (χ0v) is 18.0. The fourth-order valence-corrected chi connectivity index (χ4v) is 4.35. The monoisotopic (exact) mass is 436 g/mol. The summed E-state index contributed by atoms with van der Waals surface area (Å²) in [5.41, 5.74) is 2.73. The van der Waals surface area contributed by atoms with E-state index in [2.05, 4.69) is 15.5 Å². The number of hydrogen-bond donors (Lipinski definition) is 1. The number of hydrogen-bond acceptors (Lipinski definition) is 4. The molecule has 0 aliphatic rings. The number of nitrogens with one attached hydrogen (secondary N) is 1. The third kappa shape index (κ3) is 4.13. The predicted molar refractivity (Wildman–Crippen MR) is 130 cm³/mol. The average Bonchev–Trinajstić information content (AvgIpc) is 3.28. The van der Waals surface area contributed by atoms with Crippen LogP contribution in [0.1, 0.15) is 0 Å². The van der Waals surface area contributed by atoms with Gasteiger partial charge in [0, 0.05) is 22.3 Å². The van der Waals surface area contributed by atoms with Crippen LogP contribution < -0.4 is 5.32 Å². The van der Waals surface area contributed by atoms with Gasteiger partial charge < -0.3 is 5.32 Å². The highest BCUT2D eigenvalue weighted by Gasteiger charge is 2.17. The Morgan fingerprint density at radius 2 is 1.47 bits per heavy atom. The maximum absolute atomic E-state index is 12.8. The van der Waals surface area contributed by atoms with Gasteiger partial charge in [0.25, 0.3) is 0 Å². The van der Waals surface area contributed by atoms with E-state index in [1.807, 2.05) is 108 Å². The minimum absolute atomic E-state index is 0.0878. The molecule has 0 unspecified atom stereocenters. The number of thioether (sulfide) groups is 1. The second-order valence-corrected chi connectivity index (χ2v) is 8.15. The number of rotatable bonds is 6. The number of benzene rings is 4. The fourth-order valence-electron chi connectivity index (χ4n) is 3.60. The van der Waals surface area contributed by atoms with Gasteiger partial charge in [0.15, 0.2) is 11.0 Å². The summed E-state index contributed by atoms with van der Waals surface area (Å²) in [6, 6.07) is 33.8. The van der Waals surface area contributed by atoms with Crippen molar-refractivity contribution in [1.82, 2.24) is 14.8 Å². The van der Waals surface area contributed by atoms with Crippen molar-refractivity contribution in [3.05, 3.63) is 103 Å². The Bertz CT molecular complexity index is 1360. The largest absolute Gasteiger partial charge is 0.325 e. The summed E-state index contributed by atoms with van der Waals surface area (Å²) in [5.74, 6) is 0.882. The molecule has 1 aromatic heterocycles. The van der Waals surface area contributed by atoms with Crippen molar-refractivity contribution in [1.29, 1.82) is 0 Å². The zero-order valence-electron chi connectivity index (χ0n) is 17.2. The number of fused-ring (bicyclic) bond motifs is 1. The minimum Gasteiger partial charge on any atom is -0.325 e. The summed E-state index contributed by atoms with van der Waals surface area (Å²) in [4.78, 5) is 12.8. The molecule has 4 aromatic carbocycles. The highest BCUT2D eigenvalue weighted by atomic mass is 32.2. The van der Waals surface area contributed by atoms with Crippen LogP contribution in [-0.4, -0.2) is 26.4 Å².